The summed E-state index contributed by atoms with van der Waals surface area (Å²) in [5.41, 5.74) is 6.62. The molecule has 3 rings (SSSR count). The highest BCUT2D eigenvalue weighted by Crippen LogP contribution is 2.21. The fraction of sp³-hybridized carbons (Fsp3) is 0.294. The number of piperidine rings is 1. The van der Waals surface area contributed by atoms with Gasteiger partial charge in [-0.2, -0.15) is 0 Å². The number of nitrogens with one attached hydrogen (secondary N) is 1. The van der Waals surface area contributed by atoms with Crippen LogP contribution in [0.5, 0.6) is 0 Å². The zero-order valence-electron chi connectivity index (χ0n) is 13.2. The van der Waals surface area contributed by atoms with E-state index < -0.39 is 0 Å². The summed E-state index contributed by atoms with van der Waals surface area (Å²) in [5.74, 6) is -0.497. The first-order valence-corrected chi connectivity index (χ1v) is 7.87. The van der Waals surface area contributed by atoms with Crippen molar-refractivity contribution in [1.82, 2.24) is 14.9 Å². The van der Waals surface area contributed by atoms with Crippen LogP contribution >= 0.6 is 0 Å². The lowest BCUT2D eigenvalue weighted by molar-refractivity contribution is -0.121. The van der Waals surface area contributed by atoms with E-state index in [1.165, 1.54) is 12.4 Å². The van der Waals surface area contributed by atoms with Crippen LogP contribution in [-0.2, 0) is 4.79 Å². The molecule has 2 heterocycles. The summed E-state index contributed by atoms with van der Waals surface area (Å²) in [6.07, 6.45) is 4.39. The number of likely N-dealkylation sites (tertiary alicyclic amines) is 1. The van der Waals surface area contributed by atoms with Gasteiger partial charge >= 0.3 is 0 Å². The molecule has 1 aliphatic heterocycles. The van der Waals surface area contributed by atoms with Gasteiger partial charge in [0.25, 0.3) is 5.91 Å². The number of nitrogens with two attached hydrogens (primary N) is 1. The molecule has 1 saturated heterocycles. The molecule has 1 aromatic carbocycles. The number of para-hydroxylation sites is 1. The third kappa shape index (κ3) is 3.51. The maximum atomic E-state index is 12.6. The first-order chi connectivity index (χ1) is 11.6. The maximum absolute atomic E-state index is 12.6. The fourth-order valence-electron chi connectivity index (χ4n) is 2.80. The maximum Gasteiger partial charge on any atom is 0.276 e. The quantitative estimate of drug-likeness (QED) is 0.891. The summed E-state index contributed by atoms with van der Waals surface area (Å²) in [5, 5.41) is 2.89. The van der Waals surface area contributed by atoms with Crippen molar-refractivity contribution in [1.29, 1.82) is 0 Å². The van der Waals surface area contributed by atoms with Crippen LogP contribution in [0.4, 0.5) is 11.5 Å². The number of amides is 2. The lowest BCUT2D eigenvalue weighted by Gasteiger charge is -2.31. The number of carbonyl (C=O) groups excluding carboxylic acids is 2. The second-order valence-electron chi connectivity index (χ2n) is 5.74. The van der Waals surface area contributed by atoms with Crippen LogP contribution in [0.1, 0.15) is 23.3 Å². The van der Waals surface area contributed by atoms with Crippen molar-refractivity contribution in [2.24, 2.45) is 5.92 Å². The topological polar surface area (TPSA) is 101 Å². The predicted octanol–water partition coefficient (Wildman–Crippen LogP) is 1.55. The van der Waals surface area contributed by atoms with Crippen molar-refractivity contribution in [2.75, 3.05) is 24.1 Å². The van der Waals surface area contributed by atoms with Gasteiger partial charge in [-0.05, 0) is 25.0 Å². The van der Waals surface area contributed by atoms with E-state index in [1.807, 2.05) is 30.3 Å². The SMILES string of the molecule is Nc1nccnc1C(=O)N1CCC[C@H](C(=O)Nc2ccccc2)C1. The minimum atomic E-state index is -0.280. The lowest BCUT2D eigenvalue weighted by atomic mass is 9.96. The van der Waals surface area contributed by atoms with E-state index in [2.05, 4.69) is 15.3 Å². The Kier molecular flexibility index (Phi) is 4.69. The van der Waals surface area contributed by atoms with Gasteiger partial charge in [0.2, 0.25) is 5.91 Å². The van der Waals surface area contributed by atoms with E-state index in [1.54, 1.807) is 4.90 Å². The molecule has 0 spiro atoms. The van der Waals surface area contributed by atoms with Gasteiger partial charge in [-0.1, -0.05) is 18.2 Å². The number of anilines is 2. The van der Waals surface area contributed by atoms with Crippen LogP contribution in [0.3, 0.4) is 0 Å². The van der Waals surface area contributed by atoms with Crippen LogP contribution in [0.2, 0.25) is 0 Å². The molecule has 0 bridgehead atoms. The molecular formula is C17H19N5O2. The molecule has 1 fully saturated rings. The Morgan fingerprint density at radius 2 is 1.92 bits per heavy atom. The monoisotopic (exact) mass is 325 g/mol. The van der Waals surface area contributed by atoms with Crippen molar-refractivity contribution >= 4 is 23.3 Å². The van der Waals surface area contributed by atoms with Gasteiger partial charge in [-0.3, -0.25) is 9.59 Å². The van der Waals surface area contributed by atoms with Gasteiger partial charge in [-0.15, -0.1) is 0 Å². The number of nitrogens with zero attached hydrogens (tertiary/aromatic N) is 3. The Morgan fingerprint density at radius 1 is 1.17 bits per heavy atom. The zero-order valence-corrected chi connectivity index (χ0v) is 13.2. The molecular weight excluding hydrogens is 306 g/mol. The Morgan fingerprint density at radius 3 is 2.67 bits per heavy atom. The number of aromatic nitrogens is 2. The molecule has 7 nitrogen and oxygen atoms in total. The molecule has 3 N–H and O–H groups in total. The third-order valence-electron chi connectivity index (χ3n) is 4.05. The minimum absolute atomic E-state index is 0.0779. The Hall–Kier alpha value is -2.96. The summed E-state index contributed by atoms with van der Waals surface area (Å²) in [7, 11) is 0. The van der Waals surface area contributed by atoms with Crippen LogP contribution in [-0.4, -0.2) is 39.8 Å². The number of carbonyl (C=O) groups is 2. The van der Waals surface area contributed by atoms with Gasteiger partial charge in [0.15, 0.2) is 11.5 Å². The Balaban J connectivity index is 1.67. The molecule has 0 aliphatic carbocycles. The lowest BCUT2D eigenvalue weighted by Crippen LogP contribution is -2.44. The summed E-state index contributed by atoms with van der Waals surface area (Å²) in [6.45, 7) is 0.942. The van der Waals surface area contributed by atoms with Crippen LogP contribution in [0.15, 0.2) is 42.7 Å². The number of nitrogen functional groups attached to an aromatic ring is 1. The molecule has 1 aromatic heterocycles. The highest BCUT2D eigenvalue weighted by molar-refractivity contribution is 5.97. The van der Waals surface area contributed by atoms with E-state index >= 15 is 0 Å². The van der Waals surface area contributed by atoms with Crippen LogP contribution < -0.4 is 11.1 Å². The molecule has 2 amide bonds. The number of rotatable bonds is 3. The van der Waals surface area contributed by atoms with E-state index in [0.29, 0.717) is 13.1 Å². The summed E-state index contributed by atoms with van der Waals surface area (Å²) >= 11 is 0. The number of hydrogen-bond acceptors (Lipinski definition) is 5. The average molecular weight is 325 g/mol. The molecule has 7 heteroatoms. The van der Waals surface area contributed by atoms with Gasteiger partial charge in [-0.25, -0.2) is 9.97 Å². The molecule has 2 aromatic rings. The summed E-state index contributed by atoms with van der Waals surface area (Å²) < 4.78 is 0. The normalized spacial score (nSPS) is 17.3. The third-order valence-corrected chi connectivity index (χ3v) is 4.05. The van der Waals surface area contributed by atoms with E-state index in [9.17, 15) is 9.59 Å². The molecule has 0 radical (unpaired) electrons. The standard InChI is InChI=1S/C17H19N5O2/c18-15-14(19-8-9-20-15)17(24)22-10-4-5-12(11-22)16(23)21-13-6-2-1-3-7-13/h1-3,6-9,12H,4-5,10-11H2,(H2,18,20)(H,21,23)/t12-/m0/s1. The molecule has 0 saturated carbocycles. The van der Waals surface area contributed by atoms with Crippen LogP contribution in [0.25, 0.3) is 0 Å². The minimum Gasteiger partial charge on any atom is -0.382 e. The highest BCUT2D eigenvalue weighted by atomic mass is 16.2. The van der Waals surface area contributed by atoms with Crippen molar-refractivity contribution in [3.8, 4) is 0 Å². The van der Waals surface area contributed by atoms with E-state index in [4.69, 9.17) is 5.73 Å². The van der Waals surface area contributed by atoms with Crippen molar-refractivity contribution < 1.29 is 9.59 Å². The first-order valence-electron chi connectivity index (χ1n) is 7.87. The highest BCUT2D eigenvalue weighted by Gasteiger charge is 2.30. The largest absolute Gasteiger partial charge is 0.382 e. The van der Waals surface area contributed by atoms with Crippen LogP contribution in [0, 0.1) is 5.92 Å². The number of benzene rings is 1. The van der Waals surface area contributed by atoms with Gasteiger partial charge < -0.3 is 16.0 Å². The molecule has 24 heavy (non-hydrogen) atoms. The average Bonchev–Trinajstić information content (AvgIpc) is 2.62. The Bertz CT molecular complexity index is 735. The fourth-order valence-corrected chi connectivity index (χ4v) is 2.80. The first kappa shape index (κ1) is 15.9. The van der Waals surface area contributed by atoms with E-state index in [0.717, 1.165) is 18.5 Å². The second kappa shape index (κ2) is 7.08. The molecule has 1 aliphatic rings. The molecule has 124 valence electrons. The van der Waals surface area contributed by atoms with Crippen molar-refractivity contribution in [2.45, 2.75) is 12.8 Å². The van der Waals surface area contributed by atoms with Crippen molar-refractivity contribution in [3.63, 3.8) is 0 Å². The van der Waals surface area contributed by atoms with Gasteiger partial charge in [0.1, 0.15) is 0 Å². The molecule has 1 atom stereocenters. The van der Waals surface area contributed by atoms with Gasteiger partial charge in [0, 0.05) is 31.2 Å². The number of hydrogen-bond donors (Lipinski definition) is 2. The second-order valence-corrected chi connectivity index (χ2v) is 5.74. The smallest absolute Gasteiger partial charge is 0.276 e. The predicted molar refractivity (Wildman–Crippen MR) is 90.1 cm³/mol. The van der Waals surface area contributed by atoms with E-state index in [-0.39, 0.29) is 29.2 Å². The Labute approximate surface area is 139 Å². The van der Waals surface area contributed by atoms with Gasteiger partial charge in [0.05, 0.1) is 5.92 Å². The van der Waals surface area contributed by atoms with Crippen molar-refractivity contribution in [3.05, 3.63) is 48.4 Å². The zero-order chi connectivity index (χ0) is 16.9. The summed E-state index contributed by atoms with van der Waals surface area (Å²) in [4.78, 5) is 34.5. The molecule has 0 unspecified atom stereocenters. The summed E-state index contributed by atoms with van der Waals surface area (Å²) in [6, 6.07) is 9.29.